The summed E-state index contributed by atoms with van der Waals surface area (Å²) in [6.07, 6.45) is -1.43. The van der Waals surface area contributed by atoms with Gasteiger partial charge in [0.25, 0.3) is 5.91 Å². The van der Waals surface area contributed by atoms with Gasteiger partial charge < -0.3 is 10.6 Å². The fraction of sp³-hybridized carbons (Fsp3) is 0.143. The summed E-state index contributed by atoms with van der Waals surface area (Å²) in [5.74, 6) is -0.462. The standard InChI is InChI=1S/C21H18F3N3O/c1-13-3-6-18(9-14(13)2)26-19-10-15(11-25-12-19)20(28)27-17-7-4-16(5-8-17)21(22,23)24/h3-12,26H,1-2H3,(H,27,28). The average molecular weight is 385 g/mol. The molecule has 0 atom stereocenters. The highest BCUT2D eigenvalue weighted by Crippen LogP contribution is 2.30. The lowest BCUT2D eigenvalue weighted by Crippen LogP contribution is -2.13. The quantitative estimate of drug-likeness (QED) is 0.605. The Kier molecular flexibility index (Phi) is 5.35. The summed E-state index contributed by atoms with van der Waals surface area (Å²) in [6.45, 7) is 4.03. The van der Waals surface area contributed by atoms with Gasteiger partial charge in [-0.05, 0) is 67.4 Å². The molecule has 0 spiro atoms. The molecule has 3 aromatic rings. The number of amides is 1. The molecule has 0 radical (unpaired) electrons. The van der Waals surface area contributed by atoms with E-state index in [1.807, 2.05) is 32.0 Å². The van der Waals surface area contributed by atoms with Crippen LogP contribution in [0.25, 0.3) is 0 Å². The molecule has 144 valence electrons. The Hall–Kier alpha value is -3.35. The summed E-state index contributed by atoms with van der Waals surface area (Å²) in [6, 6.07) is 11.8. The highest BCUT2D eigenvalue weighted by Gasteiger charge is 2.30. The Morgan fingerprint density at radius 2 is 1.54 bits per heavy atom. The van der Waals surface area contributed by atoms with E-state index < -0.39 is 17.6 Å². The maximum absolute atomic E-state index is 12.6. The number of carbonyl (C=O) groups is 1. The third-order valence-electron chi connectivity index (χ3n) is 4.27. The summed E-state index contributed by atoms with van der Waals surface area (Å²) in [4.78, 5) is 16.5. The number of benzene rings is 2. The van der Waals surface area contributed by atoms with Crippen molar-refractivity contribution in [2.75, 3.05) is 10.6 Å². The van der Waals surface area contributed by atoms with Crippen LogP contribution in [0.1, 0.15) is 27.0 Å². The van der Waals surface area contributed by atoms with E-state index in [2.05, 4.69) is 15.6 Å². The van der Waals surface area contributed by atoms with Crippen molar-refractivity contribution in [3.8, 4) is 0 Å². The maximum atomic E-state index is 12.6. The molecule has 1 heterocycles. The number of nitrogens with zero attached hydrogens (tertiary/aromatic N) is 1. The highest BCUT2D eigenvalue weighted by molar-refractivity contribution is 6.04. The summed E-state index contributed by atoms with van der Waals surface area (Å²) in [7, 11) is 0. The average Bonchev–Trinajstić information content (AvgIpc) is 2.65. The lowest BCUT2D eigenvalue weighted by atomic mass is 10.1. The van der Waals surface area contributed by atoms with Crippen LogP contribution in [0.3, 0.4) is 0 Å². The van der Waals surface area contributed by atoms with Gasteiger partial charge in [-0.2, -0.15) is 13.2 Å². The van der Waals surface area contributed by atoms with E-state index in [0.29, 0.717) is 5.69 Å². The molecule has 0 aliphatic rings. The van der Waals surface area contributed by atoms with Gasteiger partial charge in [0.1, 0.15) is 0 Å². The number of anilines is 3. The second kappa shape index (κ2) is 7.72. The van der Waals surface area contributed by atoms with Crippen LogP contribution in [-0.2, 0) is 6.18 Å². The third kappa shape index (κ3) is 4.68. The van der Waals surface area contributed by atoms with Crippen molar-refractivity contribution >= 4 is 23.0 Å². The third-order valence-corrected chi connectivity index (χ3v) is 4.27. The lowest BCUT2D eigenvalue weighted by Gasteiger charge is -2.11. The zero-order valence-corrected chi connectivity index (χ0v) is 15.3. The minimum Gasteiger partial charge on any atom is -0.354 e. The number of rotatable bonds is 4. The highest BCUT2D eigenvalue weighted by atomic mass is 19.4. The molecule has 1 aromatic heterocycles. The normalized spacial score (nSPS) is 11.2. The lowest BCUT2D eigenvalue weighted by molar-refractivity contribution is -0.137. The molecule has 2 aromatic carbocycles. The second-order valence-corrected chi connectivity index (χ2v) is 6.42. The molecule has 3 rings (SSSR count). The number of alkyl halides is 3. The van der Waals surface area contributed by atoms with E-state index in [0.717, 1.165) is 23.4 Å². The van der Waals surface area contributed by atoms with Crippen molar-refractivity contribution in [3.05, 3.63) is 83.2 Å². The van der Waals surface area contributed by atoms with Crippen LogP contribution in [-0.4, -0.2) is 10.9 Å². The predicted octanol–water partition coefficient (Wildman–Crippen LogP) is 5.71. The zero-order chi connectivity index (χ0) is 20.3. The van der Waals surface area contributed by atoms with Crippen LogP contribution in [0.2, 0.25) is 0 Å². The Balaban J connectivity index is 1.72. The Labute approximate surface area is 160 Å². The largest absolute Gasteiger partial charge is 0.416 e. The van der Waals surface area contributed by atoms with Crippen molar-refractivity contribution < 1.29 is 18.0 Å². The van der Waals surface area contributed by atoms with Crippen molar-refractivity contribution in [3.63, 3.8) is 0 Å². The van der Waals surface area contributed by atoms with Gasteiger partial charge in [0.2, 0.25) is 0 Å². The van der Waals surface area contributed by atoms with Crippen LogP contribution >= 0.6 is 0 Å². The summed E-state index contributed by atoms with van der Waals surface area (Å²) in [5, 5.41) is 5.76. The zero-order valence-electron chi connectivity index (χ0n) is 15.3. The molecule has 28 heavy (non-hydrogen) atoms. The summed E-state index contributed by atoms with van der Waals surface area (Å²) >= 11 is 0. The molecule has 0 saturated heterocycles. The first kappa shape index (κ1) is 19.4. The molecule has 7 heteroatoms. The molecular formula is C21H18F3N3O. The maximum Gasteiger partial charge on any atom is 0.416 e. The topological polar surface area (TPSA) is 54.0 Å². The SMILES string of the molecule is Cc1ccc(Nc2cncc(C(=O)Nc3ccc(C(F)(F)F)cc3)c2)cc1C. The number of carbonyl (C=O) groups excluding carboxylic acids is 1. The minimum atomic E-state index is -4.42. The number of halogens is 3. The molecule has 0 saturated carbocycles. The minimum absolute atomic E-state index is 0.269. The molecule has 0 bridgehead atoms. The van der Waals surface area contributed by atoms with Crippen LogP contribution in [0.15, 0.2) is 60.9 Å². The number of nitrogens with one attached hydrogen (secondary N) is 2. The fourth-order valence-electron chi connectivity index (χ4n) is 2.56. The van der Waals surface area contributed by atoms with E-state index in [1.54, 1.807) is 12.3 Å². The Morgan fingerprint density at radius 3 is 2.18 bits per heavy atom. The van der Waals surface area contributed by atoms with Gasteiger partial charge in [-0.3, -0.25) is 9.78 Å². The smallest absolute Gasteiger partial charge is 0.354 e. The molecule has 4 nitrogen and oxygen atoms in total. The Morgan fingerprint density at radius 1 is 0.857 bits per heavy atom. The molecule has 2 N–H and O–H groups in total. The van der Waals surface area contributed by atoms with Gasteiger partial charge in [0.05, 0.1) is 23.0 Å². The van der Waals surface area contributed by atoms with Gasteiger partial charge in [-0.15, -0.1) is 0 Å². The number of hydrogen-bond donors (Lipinski definition) is 2. The molecule has 0 unspecified atom stereocenters. The Bertz CT molecular complexity index is 999. The molecule has 0 aliphatic heterocycles. The van der Waals surface area contributed by atoms with Gasteiger partial charge in [-0.25, -0.2) is 0 Å². The van der Waals surface area contributed by atoms with Crippen LogP contribution in [0, 0.1) is 13.8 Å². The van der Waals surface area contributed by atoms with E-state index in [9.17, 15) is 18.0 Å². The van der Waals surface area contributed by atoms with Gasteiger partial charge in [0, 0.05) is 17.6 Å². The molecule has 0 fully saturated rings. The first-order valence-corrected chi connectivity index (χ1v) is 8.50. The van der Waals surface area contributed by atoms with Crippen LogP contribution in [0.5, 0.6) is 0 Å². The summed E-state index contributed by atoms with van der Waals surface area (Å²) < 4.78 is 37.8. The molecule has 1 amide bonds. The van der Waals surface area contributed by atoms with Gasteiger partial charge in [0.15, 0.2) is 0 Å². The summed E-state index contributed by atoms with van der Waals surface area (Å²) in [5.41, 5.74) is 3.59. The monoisotopic (exact) mass is 385 g/mol. The van der Waals surface area contributed by atoms with E-state index in [-0.39, 0.29) is 11.3 Å². The number of pyridine rings is 1. The van der Waals surface area contributed by atoms with E-state index in [1.165, 1.54) is 23.9 Å². The van der Waals surface area contributed by atoms with Crippen molar-refractivity contribution in [2.45, 2.75) is 20.0 Å². The van der Waals surface area contributed by atoms with Gasteiger partial charge >= 0.3 is 6.18 Å². The molecule has 0 aliphatic carbocycles. The predicted molar refractivity (Wildman–Crippen MR) is 103 cm³/mol. The van der Waals surface area contributed by atoms with Gasteiger partial charge in [-0.1, -0.05) is 6.07 Å². The van der Waals surface area contributed by atoms with Crippen molar-refractivity contribution in [1.82, 2.24) is 4.98 Å². The number of hydrogen-bond acceptors (Lipinski definition) is 3. The molecular weight excluding hydrogens is 367 g/mol. The van der Waals surface area contributed by atoms with Crippen molar-refractivity contribution in [1.29, 1.82) is 0 Å². The van der Waals surface area contributed by atoms with Crippen LogP contribution < -0.4 is 10.6 Å². The first-order valence-electron chi connectivity index (χ1n) is 8.50. The van der Waals surface area contributed by atoms with Crippen molar-refractivity contribution in [2.24, 2.45) is 0 Å². The first-order chi connectivity index (χ1) is 13.2. The number of aromatic nitrogens is 1. The fourth-order valence-corrected chi connectivity index (χ4v) is 2.56. The second-order valence-electron chi connectivity index (χ2n) is 6.42. The van der Waals surface area contributed by atoms with E-state index >= 15 is 0 Å². The van der Waals surface area contributed by atoms with E-state index in [4.69, 9.17) is 0 Å². The number of aryl methyl sites for hydroxylation is 2. The van der Waals surface area contributed by atoms with Crippen LogP contribution in [0.4, 0.5) is 30.2 Å².